The fraction of sp³-hybridized carbons (Fsp3) is 0.692. The molecule has 18 heavy (non-hydrogen) atoms. The zero-order valence-electron chi connectivity index (χ0n) is 11.6. The molecule has 2 N–H and O–H groups in total. The molecule has 1 aliphatic carbocycles. The molecule has 0 saturated heterocycles. The van der Waals surface area contributed by atoms with Crippen LogP contribution in [0.4, 0.5) is 0 Å². The van der Waals surface area contributed by atoms with Crippen LogP contribution in [0.1, 0.15) is 42.7 Å². The fourth-order valence-corrected chi connectivity index (χ4v) is 2.16. The molecule has 100 valence electrons. The van der Waals surface area contributed by atoms with E-state index in [1.807, 2.05) is 13.8 Å². The van der Waals surface area contributed by atoms with Crippen molar-refractivity contribution in [3.8, 4) is 0 Å². The van der Waals surface area contributed by atoms with Crippen molar-refractivity contribution in [1.82, 2.24) is 15.8 Å². The number of nitrogens with one attached hydrogen (secondary N) is 2. The molecule has 5 heteroatoms. The maximum absolute atomic E-state index is 5.20. The third-order valence-electron chi connectivity index (χ3n) is 3.30. The van der Waals surface area contributed by atoms with Crippen molar-refractivity contribution in [3.05, 3.63) is 17.0 Å². The average molecular weight is 250 g/mol. The van der Waals surface area contributed by atoms with Crippen molar-refractivity contribution in [3.63, 3.8) is 0 Å². The standard InChI is InChI=1S/C13H22N4O/c1-8(12-9(2)17-18-10(12)3)7-15-13(14-4)16-11-5-6-11/h8,11H,5-7H2,1-4H3,(H2,14,15,16). The normalized spacial score (nSPS) is 17.7. The minimum atomic E-state index is 0.356. The molecule has 0 radical (unpaired) electrons. The third-order valence-corrected chi connectivity index (χ3v) is 3.30. The summed E-state index contributed by atoms with van der Waals surface area (Å²) in [6.45, 7) is 6.95. The van der Waals surface area contributed by atoms with Gasteiger partial charge in [-0.15, -0.1) is 0 Å². The van der Waals surface area contributed by atoms with Crippen molar-refractivity contribution >= 4 is 5.96 Å². The SMILES string of the molecule is CN=C(NCC(C)c1c(C)noc1C)NC1CC1. The number of aliphatic imine (C=N–C) groups is 1. The van der Waals surface area contributed by atoms with Crippen molar-refractivity contribution in [2.45, 2.75) is 45.6 Å². The van der Waals surface area contributed by atoms with Gasteiger partial charge in [0, 0.05) is 31.1 Å². The second-order valence-corrected chi connectivity index (χ2v) is 5.01. The minimum absolute atomic E-state index is 0.356. The summed E-state index contributed by atoms with van der Waals surface area (Å²) in [5, 5.41) is 10.7. The second kappa shape index (κ2) is 5.42. The van der Waals surface area contributed by atoms with Crippen molar-refractivity contribution in [1.29, 1.82) is 0 Å². The fourth-order valence-electron chi connectivity index (χ4n) is 2.16. The topological polar surface area (TPSA) is 62.5 Å². The highest BCUT2D eigenvalue weighted by Crippen LogP contribution is 2.22. The summed E-state index contributed by atoms with van der Waals surface area (Å²) < 4.78 is 5.20. The first kappa shape index (κ1) is 12.9. The Labute approximate surface area is 108 Å². The highest BCUT2D eigenvalue weighted by Gasteiger charge is 2.22. The van der Waals surface area contributed by atoms with Gasteiger partial charge in [-0.2, -0.15) is 0 Å². The minimum Gasteiger partial charge on any atom is -0.361 e. The Morgan fingerprint density at radius 1 is 1.50 bits per heavy atom. The lowest BCUT2D eigenvalue weighted by molar-refractivity contribution is 0.391. The van der Waals surface area contributed by atoms with E-state index in [1.54, 1.807) is 7.05 Å². The Hall–Kier alpha value is -1.52. The molecule has 1 atom stereocenters. The summed E-state index contributed by atoms with van der Waals surface area (Å²) in [5.74, 6) is 2.15. The van der Waals surface area contributed by atoms with Crippen LogP contribution in [-0.4, -0.2) is 30.8 Å². The number of hydrogen-bond donors (Lipinski definition) is 2. The first-order valence-corrected chi connectivity index (χ1v) is 6.51. The van der Waals surface area contributed by atoms with Crippen LogP contribution < -0.4 is 10.6 Å². The van der Waals surface area contributed by atoms with Crippen LogP contribution in [0, 0.1) is 13.8 Å². The molecule has 1 saturated carbocycles. The molecule has 0 aliphatic heterocycles. The molecule has 0 bridgehead atoms. The van der Waals surface area contributed by atoms with E-state index >= 15 is 0 Å². The van der Waals surface area contributed by atoms with Gasteiger partial charge in [0.15, 0.2) is 5.96 Å². The van der Waals surface area contributed by atoms with Crippen LogP contribution >= 0.6 is 0 Å². The van der Waals surface area contributed by atoms with Gasteiger partial charge in [0.2, 0.25) is 0 Å². The van der Waals surface area contributed by atoms with E-state index in [4.69, 9.17) is 4.52 Å². The van der Waals surface area contributed by atoms with E-state index in [0.29, 0.717) is 12.0 Å². The zero-order chi connectivity index (χ0) is 13.1. The van der Waals surface area contributed by atoms with E-state index in [2.05, 4.69) is 27.7 Å². The van der Waals surface area contributed by atoms with E-state index in [9.17, 15) is 0 Å². The molecule has 0 spiro atoms. The Morgan fingerprint density at radius 3 is 2.72 bits per heavy atom. The van der Waals surface area contributed by atoms with E-state index in [-0.39, 0.29) is 0 Å². The van der Waals surface area contributed by atoms with E-state index in [1.165, 1.54) is 18.4 Å². The lowest BCUT2D eigenvalue weighted by Gasteiger charge is -2.15. The molecule has 1 unspecified atom stereocenters. The highest BCUT2D eigenvalue weighted by atomic mass is 16.5. The van der Waals surface area contributed by atoms with E-state index < -0.39 is 0 Å². The van der Waals surface area contributed by atoms with E-state index in [0.717, 1.165) is 24.0 Å². The van der Waals surface area contributed by atoms with Gasteiger partial charge in [-0.1, -0.05) is 12.1 Å². The molecule has 1 heterocycles. The predicted molar refractivity (Wildman–Crippen MR) is 71.9 cm³/mol. The van der Waals surface area contributed by atoms with Crippen molar-refractivity contribution in [2.75, 3.05) is 13.6 Å². The van der Waals surface area contributed by atoms with Crippen molar-refractivity contribution < 1.29 is 4.52 Å². The maximum atomic E-state index is 5.20. The summed E-state index contributed by atoms with van der Waals surface area (Å²) >= 11 is 0. The number of aromatic nitrogens is 1. The van der Waals surface area contributed by atoms with Gasteiger partial charge in [-0.3, -0.25) is 4.99 Å². The summed E-state index contributed by atoms with van der Waals surface area (Å²) in [6.07, 6.45) is 2.50. The molecule has 5 nitrogen and oxygen atoms in total. The Morgan fingerprint density at radius 2 is 2.22 bits per heavy atom. The monoisotopic (exact) mass is 250 g/mol. The lowest BCUT2D eigenvalue weighted by atomic mass is 10.00. The third kappa shape index (κ3) is 3.03. The number of aryl methyl sites for hydroxylation is 2. The molecule has 0 amide bonds. The number of rotatable bonds is 4. The molecule has 1 aromatic rings. The number of guanidine groups is 1. The zero-order valence-corrected chi connectivity index (χ0v) is 11.6. The molecular weight excluding hydrogens is 228 g/mol. The van der Waals surface area contributed by atoms with Gasteiger partial charge in [0.25, 0.3) is 0 Å². The van der Waals surface area contributed by atoms with Crippen LogP contribution in [-0.2, 0) is 0 Å². The predicted octanol–water partition coefficient (Wildman–Crippen LogP) is 1.72. The van der Waals surface area contributed by atoms with Crippen LogP contribution in [0.5, 0.6) is 0 Å². The van der Waals surface area contributed by atoms with Crippen LogP contribution in [0.3, 0.4) is 0 Å². The summed E-state index contributed by atoms with van der Waals surface area (Å²) in [6, 6.07) is 0.616. The summed E-state index contributed by atoms with van der Waals surface area (Å²) in [7, 11) is 1.80. The maximum Gasteiger partial charge on any atom is 0.191 e. The van der Waals surface area contributed by atoms with Crippen molar-refractivity contribution in [2.24, 2.45) is 4.99 Å². The smallest absolute Gasteiger partial charge is 0.191 e. The molecule has 1 fully saturated rings. The highest BCUT2D eigenvalue weighted by molar-refractivity contribution is 5.80. The average Bonchev–Trinajstić information content (AvgIpc) is 3.10. The Bertz CT molecular complexity index is 415. The van der Waals surface area contributed by atoms with Gasteiger partial charge in [-0.05, 0) is 26.7 Å². The molecular formula is C13H22N4O. The summed E-state index contributed by atoms with van der Waals surface area (Å²) in [5.41, 5.74) is 2.18. The largest absolute Gasteiger partial charge is 0.361 e. The summed E-state index contributed by atoms with van der Waals surface area (Å²) in [4.78, 5) is 4.22. The lowest BCUT2D eigenvalue weighted by Crippen LogP contribution is -2.40. The van der Waals surface area contributed by atoms with Gasteiger partial charge >= 0.3 is 0 Å². The Balaban J connectivity index is 1.89. The van der Waals surface area contributed by atoms with Gasteiger partial charge < -0.3 is 15.2 Å². The van der Waals surface area contributed by atoms with Crippen LogP contribution in [0.25, 0.3) is 0 Å². The number of nitrogens with zero attached hydrogens (tertiary/aromatic N) is 2. The van der Waals surface area contributed by atoms with Gasteiger partial charge in [-0.25, -0.2) is 0 Å². The van der Waals surface area contributed by atoms with Gasteiger partial charge in [0.1, 0.15) is 5.76 Å². The molecule has 1 aliphatic rings. The number of hydrogen-bond acceptors (Lipinski definition) is 3. The van der Waals surface area contributed by atoms with Gasteiger partial charge in [0.05, 0.1) is 5.69 Å². The first-order chi connectivity index (χ1) is 8.61. The first-order valence-electron chi connectivity index (χ1n) is 6.51. The second-order valence-electron chi connectivity index (χ2n) is 5.01. The molecule has 2 rings (SSSR count). The van der Waals surface area contributed by atoms with Crippen LogP contribution in [0.2, 0.25) is 0 Å². The molecule has 0 aromatic carbocycles. The Kier molecular flexibility index (Phi) is 3.89. The quantitative estimate of drug-likeness (QED) is 0.631. The molecule has 1 aromatic heterocycles. The van der Waals surface area contributed by atoms with Crippen LogP contribution in [0.15, 0.2) is 9.52 Å².